The van der Waals surface area contributed by atoms with Crippen LogP contribution in [0, 0.1) is 0 Å². The fraction of sp³-hybridized carbons (Fsp3) is 0.250. The largest absolute Gasteiger partial charge is 0.493 e. The number of anilines is 2. The quantitative estimate of drug-likeness (QED) is 0.376. The predicted octanol–water partition coefficient (Wildman–Crippen LogP) is 4.19. The van der Waals surface area contributed by atoms with E-state index in [4.69, 9.17) is 24.9 Å². The highest BCUT2D eigenvalue weighted by Crippen LogP contribution is 2.34. The van der Waals surface area contributed by atoms with E-state index in [1.54, 1.807) is 26.4 Å². The molecule has 1 aromatic heterocycles. The fourth-order valence-corrected chi connectivity index (χ4v) is 4.39. The van der Waals surface area contributed by atoms with Gasteiger partial charge in [0.05, 0.1) is 25.3 Å². The van der Waals surface area contributed by atoms with E-state index >= 15 is 0 Å². The summed E-state index contributed by atoms with van der Waals surface area (Å²) in [7, 11) is 3.15. The van der Waals surface area contributed by atoms with Gasteiger partial charge in [0.2, 0.25) is 5.95 Å². The number of amides is 1. The molecule has 4 aromatic rings. The molecule has 0 radical (unpaired) electrons. The molecule has 10 heteroatoms. The minimum absolute atomic E-state index is 0. The first-order chi connectivity index (χ1) is 18.1. The Morgan fingerprint density at radius 2 is 1.53 bits per heavy atom. The smallest absolute Gasteiger partial charge is 0.257 e. The second-order valence-electron chi connectivity index (χ2n) is 8.68. The van der Waals surface area contributed by atoms with E-state index in [1.165, 1.54) is 0 Å². The summed E-state index contributed by atoms with van der Waals surface area (Å²) >= 11 is 0. The Morgan fingerprint density at radius 1 is 0.868 bits per heavy atom. The molecule has 0 unspecified atom stereocenters. The molecule has 0 atom stereocenters. The van der Waals surface area contributed by atoms with Crippen molar-refractivity contribution in [2.75, 3.05) is 51.0 Å². The molecular formula is C28H30ClN5O4. The maximum Gasteiger partial charge on any atom is 0.257 e. The molecule has 1 fully saturated rings. The Labute approximate surface area is 227 Å². The lowest BCUT2D eigenvalue weighted by atomic mass is 10.1. The Balaban J connectivity index is 0.00000336. The lowest BCUT2D eigenvalue weighted by molar-refractivity contribution is 0.0741. The lowest BCUT2D eigenvalue weighted by Gasteiger charge is -2.35. The number of nitrogens with two attached hydrogens (primary N) is 1. The molecule has 198 valence electrons. The van der Waals surface area contributed by atoms with E-state index in [1.807, 2.05) is 64.4 Å². The van der Waals surface area contributed by atoms with Crippen molar-refractivity contribution in [3.8, 4) is 17.2 Å². The van der Waals surface area contributed by atoms with Gasteiger partial charge >= 0.3 is 0 Å². The topological polar surface area (TPSA) is 103 Å². The average Bonchev–Trinajstić information content (AvgIpc) is 2.95. The second kappa shape index (κ2) is 11.9. The maximum absolute atomic E-state index is 13.4. The van der Waals surface area contributed by atoms with Gasteiger partial charge in [-0.3, -0.25) is 4.79 Å². The van der Waals surface area contributed by atoms with Crippen molar-refractivity contribution >= 4 is 41.0 Å². The van der Waals surface area contributed by atoms with Crippen LogP contribution in [0.4, 0.5) is 11.8 Å². The van der Waals surface area contributed by atoms with Gasteiger partial charge in [0, 0.05) is 37.6 Å². The molecule has 9 nitrogen and oxygen atoms in total. The number of carbonyl (C=O) groups excluding carboxylic acids is 1. The summed E-state index contributed by atoms with van der Waals surface area (Å²) in [5.41, 5.74) is 8.53. The first kappa shape index (κ1) is 26.8. The second-order valence-corrected chi connectivity index (χ2v) is 8.68. The van der Waals surface area contributed by atoms with Crippen molar-refractivity contribution in [1.82, 2.24) is 14.9 Å². The molecule has 1 amide bonds. The van der Waals surface area contributed by atoms with E-state index in [9.17, 15) is 4.79 Å². The number of aromatic nitrogens is 2. The van der Waals surface area contributed by atoms with Crippen molar-refractivity contribution in [2.24, 2.45) is 0 Å². The molecule has 1 aliphatic heterocycles. The van der Waals surface area contributed by atoms with Crippen LogP contribution in [0.25, 0.3) is 10.9 Å². The molecule has 1 aliphatic rings. The van der Waals surface area contributed by atoms with Crippen LogP contribution in [-0.2, 0) is 6.61 Å². The van der Waals surface area contributed by atoms with Gasteiger partial charge in [-0.05, 0) is 23.8 Å². The normalized spacial score (nSPS) is 13.1. The van der Waals surface area contributed by atoms with Crippen LogP contribution in [0.3, 0.4) is 0 Å². The van der Waals surface area contributed by atoms with Gasteiger partial charge in [0.15, 0.2) is 11.5 Å². The standard InChI is InChI=1S/C28H29N5O4.ClH/c1-35-24-16-21-22(17-25(24)36-2)30-28(31-26(21)29)33-14-12-32(13-15-33)27(34)20-10-6-7-11-23(20)37-18-19-8-4-3-5-9-19;/h3-11,16-17H,12-15,18H2,1-2H3,(H2,29,30,31);1H. The molecule has 0 aliphatic carbocycles. The number of para-hydroxylation sites is 1. The van der Waals surface area contributed by atoms with Crippen molar-refractivity contribution in [3.05, 3.63) is 77.9 Å². The summed E-state index contributed by atoms with van der Waals surface area (Å²) in [6.07, 6.45) is 0. The van der Waals surface area contributed by atoms with Gasteiger partial charge in [-0.1, -0.05) is 42.5 Å². The Bertz CT molecular complexity index is 1410. The molecule has 0 spiro atoms. The lowest BCUT2D eigenvalue weighted by Crippen LogP contribution is -2.49. The maximum atomic E-state index is 13.4. The van der Waals surface area contributed by atoms with Crippen molar-refractivity contribution in [3.63, 3.8) is 0 Å². The number of nitrogen functional groups attached to an aromatic ring is 1. The van der Waals surface area contributed by atoms with Crippen LogP contribution in [0.5, 0.6) is 17.2 Å². The van der Waals surface area contributed by atoms with E-state index in [0.717, 1.165) is 5.56 Å². The van der Waals surface area contributed by atoms with Crippen molar-refractivity contribution < 1.29 is 19.0 Å². The Kier molecular flexibility index (Phi) is 8.38. The van der Waals surface area contributed by atoms with Crippen LogP contribution in [-0.4, -0.2) is 61.2 Å². The molecule has 3 aromatic carbocycles. The third-order valence-electron chi connectivity index (χ3n) is 6.42. The zero-order valence-corrected chi connectivity index (χ0v) is 22.1. The van der Waals surface area contributed by atoms with Crippen molar-refractivity contribution in [1.29, 1.82) is 0 Å². The highest BCUT2D eigenvalue weighted by atomic mass is 35.5. The first-order valence-corrected chi connectivity index (χ1v) is 12.1. The number of benzene rings is 3. The SMILES string of the molecule is COc1cc2nc(N3CCN(C(=O)c4ccccc4OCc4ccccc4)CC3)nc(N)c2cc1OC.Cl. The number of rotatable bonds is 7. The highest BCUT2D eigenvalue weighted by Gasteiger charge is 2.26. The minimum atomic E-state index is -0.0564. The minimum Gasteiger partial charge on any atom is -0.493 e. The molecule has 0 bridgehead atoms. The van der Waals surface area contributed by atoms with E-state index in [-0.39, 0.29) is 18.3 Å². The molecule has 2 heterocycles. The number of ether oxygens (including phenoxy) is 3. The van der Waals surface area contributed by atoms with Gasteiger partial charge in [0.1, 0.15) is 18.2 Å². The first-order valence-electron chi connectivity index (χ1n) is 12.1. The van der Waals surface area contributed by atoms with E-state index in [2.05, 4.69) is 4.98 Å². The zero-order valence-electron chi connectivity index (χ0n) is 21.3. The van der Waals surface area contributed by atoms with Gasteiger partial charge in [-0.15, -0.1) is 12.4 Å². The summed E-state index contributed by atoms with van der Waals surface area (Å²) in [6.45, 7) is 2.61. The highest BCUT2D eigenvalue weighted by molar-refractivity contribution is 5.97. The number of halogens is 1. The van der Waals surface area contributed by atoms with Crippen molar-refractivity contribution in [2.45, 2.75) is 6.61 Å². The molecule has 2 N–H and O–H groups in total. The molecule has 38 heavy (non-hydrogen) atoms. The van der Waals surface area contributed by atoms with Gasteiger partial charge in [-0.25, -0.2) is 4.98 Å². The van der Waals surface area contributed by atoms with Gasteiger partial charge in [-0.2, -0.15) is 4.98 Å². The van der Waals surface area contributed by atoms with Crippen LogP contribution in [0.1, 0.15) is 15.9 Å². The average molecular weight is 536 g/mol. The molecule has 1 saturated heterocycles. The summed E-state index contributed by atoms with van der Waals surface area (Å²) in [5, 5.41) is 0.697. The van der Waals surface area contributed by atoms with Gasteiger partial charge < -0.3 is 29.7 Å². The van der Waals surface area contributed by atoms with Crippen LogP contribution >= 0.6 is 12.4 Å². The number of piperazine rings is 1. The number of carbonyl (C=O) groups is 1. The summed E-state index contributed by atoms with van der Waals surface area (Å²) < 4.78 is 16.8. The predicted molar refractivity (Wildman–Crippen MR) is 150 cm³/mol. The molecule has 0 saturated carbocycles. The number of hydrogen-bond donors (Lipinski definition) is 1. The summed E-state index contributed by atoms with van der Waals surface area (Å²) in [5.74, 6) is 2.55. The third-order valence-corrected chi connectivity index (χ3v) is 6.42. The monoisotopic (exact) mass is 535 g/mol. The third kappa shape index (κ3) is 5.52. The number of methoxy groups -OCH3 is 2. The number of fused-ring (bicyclic) bond motifs is 1. The number of nitrogens with zero attached hydrogens (tertiary/aromatic N) is 4. The summed E-state index contributed by atoms with van der Waals surface area (Å²) in [4.78, 5) is 26.5. The van der Waals surface area contributed by atoms with Crippen LogP contribution in [0.2, 0.25) is 0 Å². The van der Waals surface area contributed by atoms with E-state index in [0.29, 0.717) is 78.3 Å². The number of hydrogen-bond acceptors (Lipinski definition) is 8. The van der Waals surface area contributed by atoms with Gasteiger partial charge in [0.25, 0.3) is 5.91 Å². The van der Waals surface area contributed by atoms with Crippen LogP contribution < -0.4 is 24.8 Å². The summed E-state index contributed by atoms with van der Waals surface area (Å²) in [6, 6.07) is 20.8. The Hall–Kier alpha value is -4.24. The molecule has 5 rings (SSSR count). The molecular weight excluding hydrogens is 506 g/mol. The van der Waals surface area contributed by atoms with Crippen LogP contribution in [0.15, 0.2) is 66.7 Å². The van der Waals surface area contributed by atoms with E-state index < -0.39 is 0 Å². The fourth-order valence-electron chi connectivity index (χ4n) is 4.39. The zero-order chi connectivity index (χ0) is 25.8. The Morgan fingerprint density at radius 3 is 2.24 bits per heavy atom.